The number of nitrogens with zero attached hydrogens (tertiary/aromatic N) is 2. The zero-order valence-electron chi connectivity index (χ0n) is 13.0. The van der Waals surface area contributed by atoms with Crippen LogP contribution in [0.4, 0.5) is 0 Å². The van der Waals surface area contributed by atoms with E-state index in [9.17, 15) is 0 Å². The monoisotopic (exact) mass is 458 g/mol. The summed E-state index contributed by atoms with van der Waals surface area (Å²) in [5.74, 6) is 0. The van der Waals surface area contributed by atoms with E-state index < -0.39 is 7.12 Å². The molecule has 0 saturated carbocycles. The molecule has 0 atom stereocenters. The molecule has 0 aliphatic carbocycles. The van der Waals surface area contributed by atoms with Crippen molar-refractivity contribution in [2.75, 3.05) is 0 Å². The maximum Gasteiger partial charge on any atom is 0.490 e. The quantitative estimate of drug-likeness (QED) is 0.336. The third-order valence-electron chi connectivity index (χ3n) is 3.60. The summed E-state index contributed by atoms with van der Waals surface area (Å²) in [5.41, 5.74) is 2.41. The summed E-state index contributed by atoms with van der Waals surface area (Å²) in [6.07, 6.45) is 3.60. The number of rotatable bonds is 1. The van der Waals surface area contributed by atoms with Crippen molar-refractivity contribution in [3.8, 4) is 0 Å². The molecule has 0 fully saturated rings. The first-order valence-corrected chi connectivity index (χ1v) is 9.05. The molecule has 0 radical (unpaired) electrons. The van der Waals surface area contributed by atoms with Gasteiger partial charge in [-0.25, -0.2) is 0 Å². The van der Waals surface area contributed by atoms with Crippen molar-refractivity contribution < 1.29 is 10.0 Å². The normalized spacial score (nSPS) is 10.4. The minimum absolute atomic E-state index is 0.451. The molecule has 25 heavy (non-hydrogen) atoms. The van der Waals surface area contributed by atoms with Crippen LogP contribution in [0.1, 0.15) is 0 Å². The molecule has 2 aromatic heterocycles. The molecule has 0 amide bonds. The Morgan fingerprint density at radius 2 is 1.16 bits per heavy atom. The van der Waals surface area contributed by atoms with Crippen LogP contribution in [0, 0.1) is 0 Å². The minimum atomic E-state index is -1.44. The van der Waals surface area contributed by atoms with E-state index >= 15 is 0 Å². The summed E-state index contributed by atoms with van der Waals surface area (Å²) in [5, 5.41) is 20.0. The molecule has 0 bridgehead atoms. The molecule has 0 unspecified atom stereocenters. The van der Waals surface area contributed by atoms with Gasteiger partial charge in [0, 0.05) is 37.6 Å². The average Bonchev–Trinajstić information content (AvgIpc) is 2.62. The van der Waals surface area contributed by atoms with E-state index in [1.165, 1.54) is 0 Å². The fourth-order valence-electron chi connectivity index (χ4n) is 2.44. The molecule has 2 N–H and O–H groups in total. The van der Waals surface area contributed by atoms with E-state index in [-0.39, 0.29) is 0 Å². The van der Waals surface area contributed by atoms with Crippen molar-refractivity contribution in [3.63, 3.8) is 0 Å². The van der Waals surface area contributed by atoms with Crippen LogP contribution >= 0.6 is 31.9 Å². The summed E-state index contributed by atoms with van der Waals surface area (Å²) in [6, 6.07) is 17.4. The topological polar surface area (TPSA) is 66.2 Å². The Kier molecular flexibility index (Phi) is 5.80. The van der Waals surface area contributed by atoms with Gasteiger partial charge in [-0.15, -0.1) is 0 Å². The number of aromatic nitrogens is 2. The summed E-state index contributed by atoms with van der Waals surface area (Å²) >= 11 is 6.40. The lowest BCUT2D eigenvalue weighted by Crippen LogP contribution is -2.32. The summed E-state index contributed by atoms with van der Waals surface area (Å²) in [4.78, 5) is 8.69. The van der Waals surface area contributed by atoms with Gasteiger partial charge < -0.3 is 10.0 Å². The van der Waals surface area contributed by atoms with E-state index in [0.717, 1.165) is 21.8 Å². The number of pyridine rings is 2. The first-order chi connectivity index (χ1) is 12.1. The highest BCUT2D eigenvalue weighted by Crippen LogP contribution is 2.20. The highest BCUT2D eigenvalue weighted by molar-refractivity contribution is 9.11. The van der Waals surface area contributed by atoms with Crippen LogP contribution in [-0.4, -0.2) is 27.1 Å². The van der Waals surface area contributed by atoms with E-state index in [2.05, 4.69) is 66.1 Å². The Labute approximate surface area is 162 Å². The molecule has 0 aliphatic heterocycles. The van der Waals surface area contributed by atoms with Crippen molar-refractivity contribution >= 4 is 66.2 Å². The fraction of sp³-hybridized carbons (Fsp3) is 0. The van der Waals surface area contributed by atoms with Gasteiger partial charge in [0.1, 0.15) is 0 Å². The number of hydrogen-bond acceptors (Lipinski definition) is 4. The Hall–Kier alpha value is -1.80. The van der Waals surface area contributed by atoms with Crippen molar-refractivity contribution in [3.05, 3.63) is 75.9 Å². The largest absolute Gasteiger partial charge is 0.490 e. The second kappa shape index (κ2) is 8.06. The zero-order valence-corrected chi connectivity index (χ0v) is 16.1. The van der Waals surface area contributed by atoms with Gasteiger partial charge in [0.25, 0.3) is 0 Å². The van der Waals surface area contributed by atoms with Gasteiger partial charge in [-0.2, -0.15) is 0 Å². The lowest BCUT2D eigenvalue weighted by molar-refractivity contribution is 0.425. The molecule has 0 aliphatic rings. The van der Waals surface area contributed by atoms with Gasteiger partial charge in [0.15, 0.2) is 0 Å². The lowest BCUT2D eigenvalue weighted by atomic mass is 9.80. The molecular formula is C18H13BBr2N2O2. The number of fused-ring (bicyclic) bond motifs is 3. The van der Waals surface area contributed by atoms with E-state index in [4.69, 9.17) is 10.0 Å². The van der Waals surface area contributed by atoms with E-state index in [1.54, 1.807) is 30.6 Å². The smallest absolute Gasteiger partial charge is 0.423 e. The van der Waals surface area contributed by atoms with Crippen LogP contribution in [0.5, 0.6) is 0 Å². The molecular weight excluding hydrogens is 447 g/mol. The van der Waals surface area contributed by atoms with Crippen LogP contribution in [0.15, 0.2) is 75.9 Å². The Bertz CT molecular complexity index is 953. The number of benzene rings is 2. The van der Waals surface area contributed by atoms with Gasteiger partial charge in [-0.05, 0) is 24.3 Å². The molecule has 4 nitrogen and oxygen atoms in total. The highest BCUT2D eigenvalue weighted by Gasteiger charge is 2.17. The summed E-state index contributed by atoms with van der Waals surface area (Å²) < 4.78 is 1.36. The molecule has 2 aromatic carbocycles. The first kappa shape index (κ1) is 18.0. The fourth-order valence-corrected chi connectivity index (χ4v) is 3.85. The third-order valence-corrected chi connectivity index (χ3v) is 4.99. The van der Waals surface area contributed by atoms with Gasteiger partial charge in [-0.3, -0.25) is 9.97 Å². The summed E-state index contributed by atoms with van der Waals surface area (Å²) in [6.45, 7) is 0. The second-order valence-electron chi connectivity index (χ2n) is 5.22. The molecule has 124 valence electrons. The molecule has 4 aromatic rings. The molecule has 0 spiro atoms. The Morgan fingerprint density at radius 3 is 1.56 bits per heavy atom. The van der Waals surface area contributed by atoms with E-state index in [0.29, 0.717) is 14.4 Å². The standard InChI is InChI=1S/C12H8N2.C6H5BBr2O2/c1-3-9-5-6-10-4-2-8-14-12(10)11(9)13-7-1;8-4-2-1-3-5(9)6(4)7(10)11/h1-8H;1-3,10-11H. The SMILES string of the molecule is OB(O)c1c(Br)cccc1Br.c1cnc2c(c1)ccc1cccnc12. The van der Waals surface area contributed by atoms with Gasteiger partial charge >= 0.3 is 7.12 Å². The molecule has 2 heterocycles. The Balaban J connectivity index is 0.000000151. The Morgan fingerprint density at radius 1 is 0.680 bits per heavy atom. The maximum absolute atomic E-state index is 8.88. The average molecular weight is 460 g/mol. The number of halogens is 2. The van der Waals surface area contributed by atoms with Crippen LogP contribution in [0.2, 0.25) is 0 Å². The second-order valence-corrected chi connectivity index (χ2v) is 6.93. The molecule has 0 saturated heterocycles. The van der Waals surface area contributed by atoms with Gasteiger partial charge in [0.05, 0.1) is 11.0 Å². The molecule has 4 rings (SSSR count). The zero-order chi connectivity index (χ0) is 17.8. The third kappa shape index (κ3) is 4.07. The van der Waals surface area contributed by atoms with Crippen molar-refractivity contribution in [1.29, 1.82) is 0 Å². The van der Waals surface area contributed by atoms with Gasteiger partial charge in [-0.1, -0.05) is 62.2 Å². The highest BCUT2D eigenvalue weighted by atomic mass is 79.9. The maximum atomic E-state index is 8.88. The van der Waals surface area contributed by atoms with Crippen LogP contribution in [0.25, 0.3) is 21.8 Å². The van der Waals surface area contributed by atoms with E-state index in [1.807, 2.05) is 12.1 Å². The van der Waals surface area contributed by atoms with Crippen LogP contribution < -0.4 is 5.46 Å². The van der Waals surface area contributed by atoms with Crippen molar-refractivity contribution in [2.45, 2.75) is 0 Å². The first-order valence-electron chi connectivity index (χ1n) is 7.46. The lowest BCUT2D eigenvalue weighted by Gasteiger charge is -2.04. The minimum Gasteiger partial charge on any atom is -0.423 e. The van der Waals surface area contributed by atoms with Gasteiger partial charge in [0.2, 0.25) is 0 Å². The summed E-state index contributed by atoms with van der Waals surface area (Å²) in [7, 11) is -1.44. The van der Waals surface area contributed by atoms with Crippen molar-refractivity contribution in [1.82, 2.24) is 9.97 Å². The van der Waals surface area contributed by atoms with Crippen LogP contribution in [0.3, 0.4) is 0 Å². The van der Waals surface area contributed by atoms with Crippen molar-refractivity contribution in [2.24, 2.45) is 0 Å². The van der Waals surface area contributed by atoms with Crippen LogP contribution in [-0.2, 0) is 0 Å². The predicted molar refractivity (Wildman–Crippen MR) is 109 cm³/mol. The predicted octanol–water partition coefficient (Wildman–Crippen LogP) is 3.67. The number of hydrogen-bond donors (Lipinski definition) is 2. The molecule has 7 heteroatoms.